The molecule has 0 unspecified atom stereocenters. The highest BCUT2D eigenvalue weighted by atomic mass is 16.7. The highest BCUT2D eigenvalue weighted by Crippen LogP contribution is 2.41. The molecular formula is C46H81N3O17. The Hall–Kier alpha value is -2.57. The number of rotatable bonds is 9. The van der Waals surface area contributed by atoms with Gasteiger partial charge in [0.15, 0.2) is 24.8 Å². The van der Waals surface area contributed by atoms with Gasteiger partial charge in [0.2, 0.25) is 5.91 Å². The first-order chi connectivity index (χ1) is 30.6. The van der Waals surface area contributed by atoms with E-state index in [0.717, 1.165) is 0 Å². The van der Waals surface area contributed by atoms with Crippen LogP contribution in [0.4, 0.5) is 0 Å². The molecular weight excluding hydrogens is 867 g/mol. The zero-order valence-electron chi connectivity index (χ0n) is 41.4. The molecule has 0 aliphatic carbocycles. The summed E-state index contributed by atoms with van der Waals surface area (Å²) in [7, 11) is 7.12. The molecule has 0 aromatic rings. The Kier molecular flexibility index (Phi) is 19.1. The number of likely N-dealkylation sites (N-methyl/N-ethyl adjacent to an activating group) is 2. The summed E-state index contributed by atoms with van der Waals surface area (Å²) in [6.07, 6.45) is -7.16. The van der Waals surface area contributed by atoms with Crippen LogP contribution >= 0.6 is 0 Å². The minimum atomic E-state index is -1.80. The number of carbonyl (C=O) groups excluding carboxylic acids is 2. The number of aliphatic hydroxyl groups excluding tert-OH is 4. The molecule has 1 amide bonds. The summed E-state index contributed by atoms with van der Waals surface area (Å²) in [6.45, 7) is 17.7. The molecule has 20 atom stereocenters. The van der Waals surface area contributed by atoms with Crippen molar-refractivity contribution in [1.82, 2.24) is 14.7 Å². The van der Waals surface area contributed by atoms with Gasteiger partial charge in [-0.05, 0) is 101 Å². The van der Waals surface area contributed by atoms with Crippen molar-refractivity contribution in [2.75, 3.05) is 41.4 Å². The summed E-state index contributed by atoms with van der Waals surface area (Å²) in [5.74, 6) is -3.81. The Balaban J connectivity index is 0.000000572. The van der Waals surface area contributed by atoms with Gasteiger partial charge in [0.25, 0.3) is 0 Å². The highest BCUT2D eigenvalue weighted by Gasteiger charge is 2.55. The summed E-state index contributed by atoms with van der Waals surface area (Å²) in [5.41, 5.74) is -4.37. The molecule has 5 aliphatic heterocycles. The zero-order valence-corrected chi connectivity index (χ0v) is 41.4. The van der Waals surface area contributed by atoms with E-state index in [9.17, 15) is 39.9 Å². The molecule has 0 radical (unpaired) electrons. The lowest BCUT2D eigenvalue weighted by Crippen LogP contribution is -2.60. The van der Waals surface area contributed by atoms with Crippen molar-refractivity contribution in [3.05, 3.63) is 11.8 Å². The van der Waals surface area contributed by atoms with Crippen molar-refractivity contribution in [2.45, 2.75) is 204 Å². The van der Waals surface area contributed by atoms with E-state index < -0.39 is 114 Å². The molecule has 20 nitrogen and oxygen atoms in total. The van der Waals surface area contributed by atoms with E-state index in [1.54, 1.807) is 41.5 Å². The fraction of sp³-hybridized carbons (Fsp3) is 0.891. The molecule has 5 aliphatic rings. The minimum absolute atomic E-state index is 0.133. The first-order valence-corrected chi connectivity index (χ1v) is 23.3. The van der Waals surface area contributed by atoms with Crippen LogP contribution < -0.4 is 0 Å². The number of carbonyl (C=O) groups is 3. The maximum absolute atomic E-state index is 14.2. The lowest BCUT2D eigenvalue weighted by molar-refractivity contribution is -0.318. The predicted molar refractivity (Wildman–Crippen MR) is 237 cm³/mol. The van der Waals surface area contributed by atoms with Crippen LogP contribution in [0.5, 0.6) is 0 Å². The second kappa shape index (κ2) is 22.5. The van der Waals surface area contributed by atoms with Crippen LogP contribution in [0.1, 0.15) is 101 Å². The summed E-state index contributed by atoms with van der Waals surface area (Å²) in [6, 6.07) is -1.87. The number of carboxylic acid groups (broad SMARTS) is 1. The average Bonchev–Trinajstić information content (AvgIpc) is 3.53. The number of aliphatic hydroxyl groups is 6. The molecule has 5 fully saturated rings. The molecule has 0 saturated carbocycles. The van der Waals surface area contributed by atoms with Crippen molar-refractivity contribution in [3.63, 3.8) is 0 Å². The number of hydrogen-bond donors (Lipinski definition) is 7. The Morgan fingerprint density at radius 3 is 2.14 bits per heavy atom. The maximum atomic E-state index is 14.2. The van der Waals surface area contributed by atoms with E-state index in [4.69, 9.17) is 43.4 Å². The minimum Gasteiger partial charge on any atom is -0.479 e. The second-order valence-electron chi connectivity index (χ2n) is 20.3. The number of nitrogens with zero attached hydrogens (tertiary/aromatic N) is 3. The van der Waals surface area contributed by atoms with E-state index >= 15 is 0 Å². The number of β-lactam (4-membered cyclic amide) rings is 1. The first-order valence-electron chi connectivity index (χ1n) is 23.3. The van der Waals surface area contributed by atoms with E-state index in [1.165, 1.54) is 25.0 Å². The summed E-state index contributed by atoms with van der Waals surface area (Å²) in [4.78, 5) is 41.1. The number of aliphatic carboxylic acids is 1. The lowest BCUT2D eigenvalue weighted by Gasteiger charge is -2.48. The van der Waals surface area contributed by atoms with Gasteiger partial charge in [0.1, 0.15) is 35.8 Å². The van der Waals surface area contributed by atoms with Crippen molar-refractivity contribution < 1.29 is 83.3 Å². The number of hydrogen-bond acceptors (Lipinski definition) is 18. The maximum Gasteiger partial charge on any atom is 0.334 e. The largest absolute Gasteiger partial charge is 0.479 e. The number of amides is 1. The standard InChI is InChI=1S/C38H72N2O12.C8H9NO5/c1-15-27-38(10,46)31(42)24(6)40(13)19-20(2)17-36(8,45)33(52-35-29(41)26(39(11)12)16-21(3)48-35)22(4)30(23(5)34(44)50-27)51-28-18-37(9,47-14)32(43)25(7)49-28;10-2-1-4-7(8(12)13)9-5(11)3-6(9)14-4/h20-33,35,41-43,45-46H,15-19H2,1-14H3;1,6-7,10H,2-3H2,(H,12,13)/b;4-1-/t20-,21-,22+,23-,24-,25+,26+,27-,28+,29-,30+,31-,32+,33-,35+,36-,37-,38-;6-,7-/m11/s1. The van der Waals surface area contributed by atoms with Gasteiger partial charge in [-0.25, -0.2) is 4.79 Å². The molecule has 5 saturated heterocycles. The number of fused-ring (bicyclic) bond motifs is 1. The monoisotopic (exact) mass is 948 g/mol. The molecule has 20 heteroatoms. The van der Waals surface area contributed by atoms with Crippen LogP contribution in [0.15, 0.2) is 11.8 Å². The zero-order chi connectivity index (χ0) is 50.0. The van der Waals surface area contributed by atoms with Crippen molar-refractivity contribution in [1.29, 1.82) is 0 Å². The van der Waals surface area contributed by atoms with E-state index in [0.29, 0.717) is 13.0 Å². The third kappa shape index (κ3) is 12.2. The number of esters is 1. The smallest absolute Gasteiger partial charge is 0.334 e. The first kappa shape index (κ1) is 56.0. The van der Waals surface area contributed by atoms with Crippen LogP contribution in [0.2, 0.25) is 0 Å². The lowest BCUT2D eigenvalue weighted by atomic mass is 9.77. The molecule has 0 spiro atoms. The van der Waals surface area contributed by atoms with Crippen LogP contribution in [-0.2, 0) is 47.5 Å². The predicted octanol–water partition coefficient (Wildman–Crippen LogP) is 0.805. The Bertz CT molecular complexity index is 1670. The van der Waals surface area contributed by atoms with Crippen molar-refractivity contribution in [3.8, 4) is 0 Å². The summed E-state index contributed by atoms with van der Waals surface area (Å²) >= 11 is 0. The second-order valence-corrected chi connectivity index (χ2v) is 20.3. The molecule has 382 valence electrons. The van der Waals surface area contributed by atoms with Crippen LogP contribution in [-0.4, -0.2) is 212 Å². The van der Waals surface area contributed by atoms with Gasteiger partial charge in [0.05, 0.1) is 54.6 Å². The third-order valence-corrected chi connectivity index (χ3v) is 14.5. The molecule has 7 N–H and O–H groups in total. The fourth-order valence-electron chi connectivity index (χ4n) is 10.4. The van der Waals surface area contributed by atoms with Gasteiger partial charge in [0, 0.05) is 38.1 Å². The molecule has 66 heavy (non-hydrogen) atoms. The Morgan fingerprint density at radius 1 is 0.955 bits per heavy atom. The van der Waals surface area contributed by atoms with Crippen LogP contribution in [0, 0.1) is 17.8 Å². The normalized spacial score (nSPS) is 46.0. The van der Waals surface area contributed by atoms with E-state index in [2.05, 4.69) is 0 Å². The molecule has 0 aromatic carbocycles. The Labute approximate surface area is 390 Å². The average molecular weight is 948 g/mol. The molecule has 0 bridgehead atoms. The highest BCUT2D eigenvalue weighted by molar-refractivity contribution is 5.91. The number of methoxy groups -OCH3 is 1. The van der Waals surface area contributed by atoms with E-state index in [-0.39, 0.29) is 62.0 Å². The van der Waals surface area contributed by atoms with Crippen molar-refractivity contribution in [2.24, 2.45) is 17.8 Å². The summed E-state index contributed by atoms with van der Waals surface area (Å²) in [5, 5.41) is 75.6. The molecule has 0 aromatic heterocycles. The van der Waals surface area contributed by atoms with Gasteiger partial charge in [-0.2, -0.15) is 0 Å². The van der Waals surface area contributed by atoms with Gasteiger partial charge in [-0.3, -0.25) is 14.5 Å². The van der Waals surface area contributed by atoms with Gasteiger partial charge >= 0.3 is 11.9 Å². The topological polar surface area (TPSA) is 267 Å². The van der Waals surface area contributed by atoms with Gasteiger partial charge in [-0.1, -0.05) is 20.8 Å². The number of carboxylic acids is 1. The Morgan fingerprint density at radius 2 is 1.59 bits per heavy atom. The van der Waals surface area contributed by atoms with Crippen LogP contribution in [0.25, 0.3) is 0 Å². The third-order valence-electron chi connectivity index (χ3n) is 14.5. The fourth-order valence-corrected chi connectivity index (χ4v) is 10.4. The molecule has 5 heterocycles. The molecule has 5 rings (SSSR count). The van der Waals surface area contributed by atoms with Gasteiger partial charge in [-0.15, -0.1) is 0 Å². The SMILES string of the molecule is CC[C@H]1OC(=O)[C@H](C)[C@@H](O[C@H]2C[C@@](C)(OC)[C@@H](O)[C@H](C)O2)[C@H](C)[C@@H](O[C@@H]2O[C@H](C)C[C@H](N(C)C)[C@H]2O)[C@](C)(O)C[C@@H](C)CN(C)[C@H](C)[C@@H](O)[C@]1(C)O.O=C(O)[C@H]1/C(=C/CO)O[C@@H]2CC(=O)N21. The quantitative estimate of drug-likeness (QED) is 0.125. The van der Waals surface area contributed by atoms with Crippen LogP contribution in [0.3, 0.4) is 0 Å². The number of ether oxygens (including phenoxy) is 7. The summed E-state index contributed by atoms with van der Waals surface area (Å²) < 4.78 is 42.7. The van der Waals surface area contributed by atoms with Crippen molar-refractivity contribution >= 4 is 17.8 Å². The van der Waals surface area contributed by atoms with E-state index in [1.807, 2.05) is 51.7 Å². The number of cyclic esters (lactones) is 1. The van der Waals surface area contributed by atoms with Gasteiger partial charge < -0.3 is 78.7 Å².